The summed E-state index contributed by atoms with van der Waals surface area (Å²) in [6.07, 6.45) is 0. The van der Waals surface area contributed by atoms with Gasteiger partial charge in [0.25, 0.3) is 0 Å². The molecule has 0 unspecified atom stereocenters. The van der Waals surface area contributed by atoms with E-state index in [2.05, 4.69) is 67.9 Å². The van der Waals surface area contributed by atoms with E-state index in [1.54, 1.807) is 0 Å². The second kappa shape index (κ2) is 5.66. The Bertz CT molecular complexity index is 690. The first-order valence-corrected chi connectivity index (χ1v) is 6.67. The molecule has 95 valence electrons. The van der Waals surface area contributed by atoms with Crippen molar-refractivity contribution in [2.75, 3.05) is 5.73 Å². The lowest BCUT2D eigenvalue weighted by atomic mass is 9.64. The van der Waals surface area contributed by atoms with Gasteiger partial charge in [-0.15, -0.1) is 0 Å². The van der Waals surface area contributed by atoms with E-state index in [1.807, 2.05) is 18.2 Å². The van der Waals surface area contributed by atoms with Gasteiger partial charge in [0.1, 0.15) is 0 Å². The van der Waals surface area contributed by atoms with E-state index in [-0.39, 0.29) is 0 Å². The Kier molecular flexibility index (Phi) is 3.55. The number of benzene rings is 3. The maximum Gasteiger partial charge on any atom is 0.191 e. The fourth-order valence-electron chi connectivity index (χ4n) is 2.23. The lowest BCUT2D eigenvalue weighted by molar-refractivity contribution is 1.63. The monoisotopic (exact) mass is 256 g/mol. The zero-order valence-corrected chi connectivity index (χ0v) is 11.2. The molecule has 0 fully saturated rings. The lowest BCUT2D eigenvalue weighted by Gasteiger charge is -2.06. The first-order chi connectivity index (χ1) is 9.81. The molecular weight excluding hydrogens is 241 g/mol. The highest BCUT2D eigenvalue weighted by Crippen LogP contribution is 2.19. The van der Waals surface area contributed by atoms with E-state index >= 15 is 0 Å². The Morgan fingerprint density at radius 1 is 0.600 bits per heavy atom. The van der Waals surface area contributed by atoms with Crippen LogP contribution in [0.1, 0.15) is 0 Å². The van der Waals surface area contributed by atoms with Gasteiger partial charge in [0, 0.05) is 5.69 Å². The van der Waals surface area contributed by atoms with Crippen molar-refractivity contribution >= 4 is 23.9 Å². The molecule has 2 N–H and O–H groups in total. The molecule has 0 aliphatic carbocycles. The molecule has 0 bridgehead atoms. The van der Waals surface area contributed by atoms with Crippen LogP contribution in [-0.2, 0) is 0 Å². The molecule has 1 radical (unpaired) electrons. The molecule has 0 aromatic heterocycles. The van der Waals surface area contributed by atoms with Gasteiger partial charge in [-0.2, -0.15) is 0 Å². The Labute approximate surface area is 120 Å². The maximum atomic E-state index is 5.73. The number of rotatable bonds is 3. The molecule has 0 saturated carbocycles. The highest BCUT2D eigenvalue weighted by Gasteiger charge is 2.02. The normalized spacial score (nSPS) is 10.2. The second-order valence-electron chi connectivity index (χ2n) is 4.80. The summed E-state index contributed by atoms with van der Waals surface area (Å²) in [6.45, 7) is 0. The zero-order chi connectivity index (χ0) is 13.8. The van der Waals surface area contributed by atoms with Gasteiger partial charge in [0.15, 0.2) is 7.28 Å². The molecule has 3 rings (SSSR count). The SMILES string of the molecule is Nc1ccc(-c2cccc([B]c3ccccc3)c2)cc1. The van der Waals surface area contributed by atoms with Crippen LogP contribution in [0.2, 0.25) is 0 Å². The molecule has 3 aromatic carbocycles. The molecule has 0 aliphatic rings. The number of nitrogen functional groups attached to an aromatic ring is 1. The molecule has 0 amide bonds. The summed E-state index contributed by atoms with van der Waals surface area (Å²) in [4.78, 5) is 0. The molecule has 20 heavy (non-hydrogen) atoms. The Morgan fingerprint density at radius 2 is 1.30 bits per heavy atom. The van der Waals surface area contributed by atoms with E-state index in [1.165, 1.54) is 22.1 Å². The van der Waals surface area contributed by atoms with Crippen molar-refractivity contribution in [2.24, 2.45) is 0 Å². The third-order valence-corrected chi connectivity index (χ3v) is 3.26. The van der Waals surface area contributed by atoms with Crippen molar-refractivity contribution in [3.8, 4) is 11.1 Å². The van der Waals surface area contributed by atoms with Crippen LogP contribution in [0.3, 0.4) is 0 Å². The standard InChI is InChI=1S/C18H15BN/c20-18-11-9-14(10-12-18)15-5-4-8-17(13-15)19-16-6-2-1-3-7-16/h1-13H,20H2. The van der Waals surface area contributed by atoms with Gasteiger partial charge in [0.2, 0.25) is 0 Å². The smallest absolute Gasteiger partial charge is 0.191 e. The number of hydrogen-bond acceptors (Lipinski definition) is 1. The minimum atomic E-state index is 0.792. The highest BCUT2D eigenvalue weighted by atomic mass is 14.5. The van der Waals surface area contributed by atoms with Gasteiger partial charge in [0.05, 0.1) is 0 Å². The highest BCUT2D eigenvalue weighted by molar-refractivity contribution is 6.67. The van der Waals surface area contributed by atoms with E-state index < -0.39 is 0 Å². The summed E-state index contributed by atoms with van der Waals surface area (Å²) < 4.78 is 0. The molecule has 2 heteroatoms. The largest absolute Gasteiger partial charge is 0.399 e. The molecule has 3 aromatic rings. The fraction of sp³-hybridized carbons (Fsp3) is 0. The van der Waals surface area contributed by atoms with Crippen LogP contribution >= 0.6 is 0 Å². The van der Waals surface area contributed by atoms with Crippen molar-refractivity contribution in [3.05, 3.63) is 78.9 Å². The quantitative estimate of drug-likeness (QED) is 0.565. The van der Waals surface area contributed by atoms with Crippen LogP contribution < -0.4 is 16.7 Å². The average Bonchev–Trinajstić information content (AvgIpc) is 2.49. The Hall–Kier alpha value is -2.48. The Morgan fingerprint density at radius 3 is 2.05 bits per heavy atom. The van der Waals surface area contributed by atoms with Gasteiger partial charge in [-0.3, -0.25) is 0 Å². The molecule has 0 saturated heterocycles. The molecule has 0 aliphatic heterocycles. The van der Waals surface area contributed by atoms with E-state index in [9.17, 15) is 0 Å². The molecule has 1 nitrogen and oxygen atoms in total. The number of nitrogens with two attached hydrogens (primary N) is 1. The topological polar surface area (TPSA) is 26.0 Å². The van der Waals surface area contributed by atoms with Gasteiger partial charge >= 0.3 is 0 Å². The van der Waals surface area contributed by atoms with Crippen molar-refractivity contribution in [2.45, 2.75) is 0 Å². The predicted octanol–water partition coefficient (Wildman–Crippen LogP) is 2.59. The second-order valence-corrected chi connectivity index (χ2v) is 4.80. The minimum Gasteiger partial charge on any atom is -0.399 e. The van der Waals surface area contributed by atoms with Gasteiger partial charge in [-0.05, 0) is 23.3 Å². The average molecular weight is 256 g/mol. The molecule has 0 heterocycles. The third-order valence-electron chi connectivity index (χ3n) is 3.26. The van der Waals surface area contributed by atoms with Gasteiger partial charge < -0.3 is 5.73 Å². The number of hydrogen-bond donors (Lipinski definition) is 1. The van der Waals surface area contributed by atoms with Crippen LogP contribution in [-0.4, -0.2) is 7.28 Å². The molecule has 0 atom stereocenters. The summed E-state index contributed by atoms with van der Waals surface area (Å²) in [5.74, 6) is 0. The van der Waals surface area contributed by atoms with E-state index in [0.29, 0.717) is 0 Å². The van der Waals surface area contributed by atoms with Gasteiger partial charge in [-0.1, -0.05) is 77.7 Å². The van der Waals surface area contributed by atoms with Gasteiger partial charge in [-0.25, -0.2) is 0 Å². The van der Waals surface area contributed by atoms with Crippen LogP contribution in [0.25, 0.3) is 11.1 Å². The van der Waals surface area contributed by atoms with Crippen LogP contribution in [0.5, 0.6) is 0 Å². The number of anilines is 1. The van der Waals surface area contributed by atoms with Crippen LogP contribution in [0, 0.1) is 0 Å². The minimum absolute atomic E-state index is 0.792. The summed E-state index contributed by atoms with van der Waals surface area (Å²) in [5, 5.41) is 0. The van der Waals surface area contributed by atoms with Crippen molar-refractivity contribution in [3.63, 3.8) is 0 Å². The lowest BCUT2D eigenvalue weighted by Crippen LogP contribution is -2.26. The fourth-order valence-corrected chi connectivity index (χ4v) is 2.23. The third kappa shape index (κ3) is 2.91. The van der Waals surface area contributed by atoms with Crippen LogP contribution in [0.4, 0.5) is 5.69 Å². The van der Waals surface area contributed by atoms with Crippen molar-refractivity contribution < 1.29 is 0 Å². The maximum absolute atomic E-state index is 5.73. The first-order valence-electron chi connectivity index (χ1n) is 6.67. The summed E-state index contributed by atoms with van der Waals surface area (Å²) >= 11 is 0. The summed E-state index contributed by atoms with van der Waals surface area (Å²) in [6, 6.07) is 26.8. The van der Waals surface area contributed by atoms with Crippen LogP contribution in [0.15, 0.2) is 78.9 Å². The first kappa shape index (κ1) is 12.6. The molecule has 0 spiro atoms. The van der Waals surface area contributed by atoms with E-state index in [0.717, 1.165) is 5.69 Å². The van der Waals surface area contributed by atoms with Crippen molar-refractivity contribution in [1.29, 1.82) is 0 Å². The summed E-state index contributed by atoms with van der Waals surface area (Å²) in [7, 11) is 2.18. The molecular formula is C18H15BN. The zero-order valence-electron chi connectivity index (χ0n) is 11.2. The Balaban J connectivity index is 1.88. The predicted molar refractivity (Wildman–Crippen MR) is 87.8 cm³/mol. The van der Waals surface area contributed by atoms with E-state index in [4.69, 9.17) is 5.73 Å². The van der Waals surface area contributed by atoms with Crippen molar-refractivity contribution in [1.82, 2.24) is 0 Å². The summed E-state index contributed by atoms with van der Waals surface area (Å²) in [5.41, 5.74) is 11.3.